The zero-order chi connectivity index (χ0) is 20.1. The molecule has 10 heteroatoms. The molecule has 0 spiro atoms. The first-order valence-electron chi connectivity index (χ1n) is 9.43. The Morgan fingerprint density at radius 3 is 2.43 bits per heavy atom. The molecule has 2 heterocycles. The van der Waals surface area contributed by atoms with E-state index in [4.69, 9.17) is 9.47 Å². The third kappa shape index (κ3) is 6.50. The van der Waals surface area contributed by atoms with Crippen LogP contribution in [0.5, 0.6) is 11.5 Å². The van der Waals surface area contributed by atoms with E-state index < -0.39 is 6.04 Å². The molecule has 0 radical (unpaired) electrons. The van der Waals surface area contributed by atoms with Gasteiger partial charge in [-0.2, -0.15) is 5.10 Å². The summed E-state index contributed by atoms with van der Waals surface area (Å²) >= 11 is 0. The number of halogens is 2. The highest BCUT2D eigenvalue weighted by molar-refractivity contribution is 5.85. The summed E-state index contributed by atoms with van der Waals surface area (Å²) in [5.41, 5.74) is 1.99. The van der Waals surface area contributed by atoms with Crippen LogP contribution in [-0.4, -0.2) is 61.0 Å². The molecular weight excluding hydrogens is 429 g/mol. The average molecular weight is 460 g/mol. The lowest BCUT2D eigenvalue weighted by atomic mass is 10.1. The third-order valence-electron chi connectivity index (χ3n) is 5.05. The Balaban J connectivity index is 0.00000225. The van der Waals surface area contributed by atoms with Gasteiger partial charge < -0.3 is 20.1 Å². The van der Waals surface area contributed by atoms with Crippen LogP contribution < -0.4 is 20.1 Å². The third-order valence-corrected chi connectivity index (χ3v) is 5.05. The molecule has 30 heavy (non-hydrogen) atoms. The smallest absolute Gasteiger partial charge is 0.242 e. The average Bonchev–Trinajstić information content (AvgIpc) is 3.31. The van der Waals surface area contributed by atoms with Crippen LogP contribution in [0.4, 0.5) is 0 Å². The number of carbonyl (C=O) groups is 1. The van der Waals surface area contributed by atoms with E-state index in [9.17, 15) is 4.79 Å². The number of hydrogen-bond donors (Lipinski definition) is 2. The molecule has 1 amide bonds. The molecule has 1 aromatic heterocycles. The highest BCUT2D eigenvalue weighted by atomic mass is 35.5. The number of aryl methyl sites for hydroxylation is 1. The summed E-state index contributed by atoms with van der Waals surface area (Å²) in [7, 11) is 6.94. The fourth-order valence-corrected chi connectivity index (χ4v) is 3.63. The van der Waals surface area contributed by atoms with E-state index in [0.717, 1.165) is 48.7 Å². The second kappa shape index (κ2) is 12.0. The van der Waals surface area contributed by atoms with Crippen molar-refractivity contribution in [1.29, 1.82) is 0 Å². The van der Waals surface area contributed by atoms with Gasteiger partial charge in [-0.25, -0.2) is 0 Å². The Morgan fingerprint density at radius 1 is 1.23 bits per heavy atom. The lowest BCUT2D eigenvalue weighted by Crippen LogP contribution is -2.43. The molecule has 1 aromatic carbocycles. The van der Waals surface area contributed by atoms with Gasteiger partial charge in [-0.3, -0.25) is 14.4 Å². The van der Waals surface area contributed by atoms with E-state index in [1.54, 1.807) is 32.1 Å². The molecule has 1 aliphatic heterocycles. The molecule has 1 aliphatic rings. The van der Waals surface area contributed by atoms with Crippen LogP contribution in [0.15, 0.2) is 30.6 Å². The second-order valence-corrected chi connectivity index (χ2v) is 7.12. The number of nitrogens with zero attached hydrogens (tertiary/aromatic N) is 3. The number of hydrogen-bond acceptors (Lipinski definition) is 6. The van der Waals surface area contributed by atoms with Gasteiger partial charge in [-0.1, -0.05) is 0 Å². The van der Waals surface area contributed by atoms with Crippen molar-refractivity contribution < 1.29 is 14.3 Å². The van der Waals surface area contributed by atoms with Gasteiger partial charge in [0, 0.05) is 50.6 Å². The summed E-state index contributed by atoms with van der Waals surface area (Å²) in [6, 6.07) is 5.65. The largest absolute Gasteiger partial charge is 0.497 e. The normalized spacial score (nSPS) is 16.9. The van der Waals surface area contributed by atoms with Crippen LogP contribution >= 0.6 is 24.8 Å². The molecule has 1 saturated heterocycles. The van der Waals surface area contributed by atoms with Gasteiger partial charge in [-0.05, 0) is 31.2 Å². The monoisotopic (exact) mass is 459 g/mol. The minimum atomic E-state index is -0.398. The van der Waals surface area contributed by atoms with Crippen LogP contribution in [0.3, 0.4) is 0 Å². The van der Waals surface area contributed by atoms with Crippen LogP contribution in [-0.2, 0) is 18.4 Å². The van der Waals surface area contributed by atoms with Gasteiger partial charge in [0.2, 0.25) is 5.91 Å². The van der Waals surface area contributed by atoms with Gasteiger partial charge in [0.25, 0.3) is 0 Å². The van der Waals surface area contributed by atoms with Crippen LogP contribution in [0.1, 0.15) is 23.6 Å². The predicted molar refractivity (Wildman–Crippen MR) is 121 cm³/mol. The summed E-state index contributed by atoms with van der Waals surface area (Å²) in [5.74, 6) is 1.55. The number of nitrogens with one attached hydrogen (secondary N) is 2. The lowest BCUT2D eigenvalue weighted by molar-refractivity contribution is -0.123. The number of rotatable bonds is 8. The molecule has 3 rings (SSSR count). The van der Waals surface area contributed by atoms with Gasteiger partial charge in [0.1, 0.15) is 17.5 Å². The molecular formula is C20H31Cl2N5O3. The van der Waals surface area contributed by atoms with Gasteiger partial charge >= 0.3 is 0 Å². The summed E-state index contributed by atoms with van der Waals surface area (Å²) in [4.78, 5) is 15.0. The Morgan fingerprint density at radius 2 is 1.90 bits per heavy atom. The van der Waals surface area contributed by atoms with Gasteiger partial charge in [0.15, 0.2) is 0 Å². The molecule has 2 unspecified atom stereocenters. The van der Waals surface area contributed by atoms with Crippen molar-refractivity contribution in [3.05, 3.63) is 41.7 Å². The van der Waals surface area contributed by atoms with E-state index in [1.165, 1.54) is 0 Å². The summed E-state index contributed by atoms with van der Waals surface area (Å²) < 4.78 is 12.4. The van der Waals surface area contributed by atoms with E-state index in [-0.39, 0.29) is 36.8 Å². The van der Waals surface area contributed by atoms with E-state index in [1.807, 2.05) is 31.4 Å². The van der Waals surface area contributed by atoms with E-state index in [0.29, 0.717) is 0 Å². The fraction of sp³-hybridized carbons (Fsp3) is 0.500. The van der Waals surface area contributed by atoms with Crippen molar-refractivity contribution >= 4 is 30.7 Å². The molecule has 0 aliphatic carbocycles. The van der Waals surface area contributed by atoms with Crippen LogP contribution in [0.25, 0.3) is 0 Å². The first kappa shape index (κ1) is 26.0. The van der Waals surface area contributed by atoms with E-state index >= 15 is 0 Å². The zero-order valence-electron chi connectivity index (χ0n) is 17.8. The number of likely N-dealkylation sites (N-methyl/N-ethyl adjacent to an activating group) is 1. The van der Waals surface area contributed by atoms with Crippen molar-refractivity contribution in [2.75, 3.05) is 34.4 Å². The molecule has 2 aromatic rings. The molecule has 168 valence electrons. The molecule has 2 N–H and O–H groups in total. The lowest BCUT2D eigenvalue weighted by Gasteiger charge is -2.20. The number of aromatic nitrogens is 2. The van der Waals surface area contributed by atoms with E-state index in [2.05, 4.69) is 20.6 Å². The first-order chi connectivity index (χ1) is 13.5. The predicted octanol–water partition coefficient (Wildman–Crippen LogP) is 1.93. The summed E-state index contributed by atoms with van der Waals surface area (Å²) in [6.45, 7) is 2.54. The summed E-state index contributed by atoms with van der Waals surface area (Å²) in [6.07, 6.45) is 4.51. The number of methoxy groups -OCH3 is 2. The van der Waals surface area contributed by atoms with Crippen LogP contribution in [0, 0.1) is 0 Å². The standard InChI is InChI=1S/C20H29N5O3.2ClH/c1-21-19(15-10-22-24(2)12-15)20(26)23-16-5-6-25(13-16)11-14-7-17(27-3)9-18(8-14)28-4;;/h7-10,12,16,19,21H,5-6,11,13H2,1-4H3,(H,23,26);2*1H. The quantitative estimate of drug-likeness (QED) is 0.627. The number of ether oxygens (including phenoxy) is 2. The van der Waals surface area contributed by atoms with Gasteiger partial charge in [-0.15, -0.1) is 24.8 Å². The number of likely N-dealkylation sites (tertiary alicyclic amines) is 1. The maximum atomic E-state index is 12.7. The highest BCUT2D eigenvalue weighted by Crippen LogP contribution is 2.24. The second-order valence-electron chi connectivity index (χ2n) is 7.12. The van der Waals surface area contributed by atoms with Crippen LogP contribution in [0.2, 0.25) is 0 Å². The Kier molecular flexibility index (Phi) is 10.4. The number of amides is 1. The van der Waals surface area contributed by atoms with Crippen molar-refractivity contribution in [1.82, 2.24) is 25.3 Å². The Bertz CT molecular complexity index is 795. The Hall–Kier alpha value is -2.00. The van der Waals surface area contributed by atoms with Crippen molar-refractivity contribution in [2.24, 2.45) is 7.05 Å². The minimum absolute atomic E-state index is 0. The Labute approximate surface area is 190 Å². The maximum absolute atomic E-state index is 12.7. The van der Waals surface area contributed by atoms with Crippen molar-refractivity contribution in [2.45, 2.75) is 25.0 Å². The molecule has 0 bridgehead atoms. The van der Waals surface area contributed by atoms with Crippen molar-refractivity contribution in [3.63, 3.8) is 0 Å². The number of carbonyl (C=O) groups excluding carboxylic acids is 1. The molecule has 2 atom stereocenters. The number of benzene rings is 1. The first-order valence-corrected chi connectivity index (χ1v) is 9.43. The van der Waals surface area contributed by atoms with Crippen molar-refractivity contribution in [3.8, 4) is 11.5 Å². The summed E-state index contributed by atoms with van der Waals surface area (Å²) in [5, 5.41) is 10.4. The molecule has 8 nitrogen and oxygen atoms in total. The SMILES string of the molecule is CNC(C(=O)NC1CCN(Cc2cc(OC)cc(OC)c2)C1)c1cnn(C)c1.Cl.Cl. The molecule has 1 fully saturated rings. The fourth-order valence-electron chi connectivity index (χ4n) is 3.63. The highest BCUT2D eigenvalue weighted by Gasteiger charge is 2.27. The maximum Gasteiger partial charge on any atom is 0.242 e. The topological polar surface area (TPSA) is 80.7 Å². The molecule has 0 saturated carbocycles. The van der Waals surface area contributed by atoms with Gasteiger partial charge in [0.05, 0.1) is 20.4 Å². The zero-order valence-corrected chi connectivity index (χ0v) is 19.4. The minimum Gasteiger partial charge on any atom is -0.497 e.